The van der Waals surface area contributed by atoms with Crippen LogP contribution in [-0.4, -0.2) is 23.4 Å². The van der Waals surface area contributed by atoms with Crippen LogP contribution in [0.4, 0.5) is 0 Å². The maximum atomic E-state index is 13.2. The Labute approximate surface area is 197 Å². The average molecular weight is 453 g/mol. The van der Waals surface area contributed by atoms with Crippen molar-refractivity contribution in [2.75, 3.05) is 6.26 Å². The van der Waals surface area contributed by atoms with Gasteiger partial charge in [0.15, 0.2) is 17.2 Å². The Morgan fingerprint density at radius 2 is 1.69 bits per heavy atom. The zero-order valence-corrected chi connectivity index (χ0v) is 21.1. The van der Waals surface area contributed by atoms with Gasteiger partial charge < -0.3 is 4.74 Å². The summed E-state index contributed by atoms with van der Waals surface area (Å²) >= 11 is 1.70. The topological polar surface area (TPSA) is 43.4 Å². The van der Waals surface area contributed by atoms with Crippen LogP contribution in [0.25, 0.3) is 0 Å². The van der Waals surface area contributed by atoms with Crippen LogP contribution in [0, 0.1) is 25.7 Å². The van der Waals surface area contributed by atoms with E-state index in [0.29, 0.717) is 11.7 Å². The van der Waals surface area contributed by atoms with Crippen LogP contribution in [0.5, 0.6) is 5.75 Å². The summed E-state index contributed by atoms with van der Waals surface area (Å²) in [4.78, 5) is 26.2. The molecule has 0 bridgehead atoms. The van der Waals surface area contributed by atoms with E-state index in [0.717, 1.165) is 54.5 Å². The highest BCUT2D eigenvalue weighted by Crippen LogP contribution is 2.38. The standard InChI is InChI=1S/C28H36O3S/c1-18-16-21(17-19(2)27(18)31-28(4,5)20(3)29)10-11-22-8-7-9-25(22)26(30)23-12-14-24(32-6)15-13-23/h12-17,22,25H,7-11H2,1-6H3. The van der Waals surface area contributed by atoms with Crippen molar-refractivity contribution < 1.29 is 14.3 Å². The molecule has 0 aliphatic heterocycles. The Morgan fingerprint density at radius 3 is 2.25 bits per heavy atom. The van der Waals surface area contributed by atoms with E-state index in [1.165, 1.54) is 10.5 Å². The van der Waals surface area contributed by atoms with Crippen LogP contribution in [0.2, 0.25) is 0 Å². The van der Waals surface area contributed by atoms with Gasteiger partial charge in [-0.2, -0.15) is 0 Å². The summed E-state index contributed by atoms with van der Waals surface area (Å²) in [5, 5.41) is 0. The van der Waals surface area contributed by atoms with Crippen molar-refractivity contribution in [3.05, 3.63) is 58.7 Å². The second kappa shape index (κ2) is 10.2. The molecule has 0 amide bonds. The van der Waals surface area contributed by atoms with Crippen molar-refractivity contribution in [3.8, 4) is 5.75 Å². The molecule has 172 valence electrons. The van der Waals surface area contributed by atoms with Gasteiger partial charge in [0.1, 0.15) is 5.75 Å². The fourth-order valence-corrected chi connectivity index (χ4v) is 5.13. The quantitative estimate of drug-likeness (QED) is 0.303. The first kappa shape index (κ1) is 24.6. The summed E-state index contributed by atoms with van der Waals surface area (Å²) < 4.78 is 6.08. The first-order valence-electron chi connectivity index (χ1n) is 11.6. The molecule has 3 rings (SSSR count). The minimum atomic E-state index is -0.831. The molecule has 2 unspecified atom stereocenters. The predicted octanol–water partition coefficient (Wildman–Crippen LogP) is 7.00. The third-order valence-electron chi connectivity index (χ3n) is 6.90. The molecule has 32 heavy (non-hydrogen) atoms. The molecule has 2 aromatic rings. The van der Waals surface area contributed by atoms with E-state index >= 15 is 0 Å². The monoisotopic (exact) mass is 452 g/mol. The van der Waals surface area contributed by atoms with Gasteiger partial charge in [-0.05, 0) is 101 Å². The summed E-state index contributed by atoms with van der Waals surface area (Å²) in [6, 6.07) is 12.4. The maximum Gasteiger partial charge on any atom is 0.172 e. The largest absolute Gasteiger partial charge is 0.480 e. The molecule has 3 nitrogen and oxygen atoms in total. The van der Waals surface area contributed by atoms with E-state index in [9.17, 15) is 9.59 Å². The molecular formula is C28H36O3S. The number of carbonyl (C=O) groups is 2. The highest BCUT2D eigenvalue weighted by Gasteiger charge is 2.33. The lowest BCUT2D eigenvalue weighted by molar-refractivity contribution is -0.129. The number of Topliss-reactive ketones (excluding diaryl/α,β-unsaturated/α-hetero) is 2. The SMILES string of the molecule is CSc1ccc(C(=O)C2CCCC2CCc2cc(C)c(OC(C)(C)C(C)=O)c(C)c2)cc1. The summed E-state index contributed by atoms with van der Waals surface area (Å²) in [5.74, 6) is 1.70. The third-order valence-corrected chi connectivity index (χ3v) is 7.64. The Morgan fingerprint density at radius 1 is 1.06 bits per heavy atom. The lowest BCUT2D eigenvalue weighted by Gasteiger charge is -2.26. The predicted molar refractivity (Wildman–Crippen MR) is 133 cm³/mol. The van der Waals surface area contributed by atoms with Crippen LogP contribution in [0.1, 0.15) is 73.5 Å². The van der Waals surface area contributed by atoms with Crippen LogP contribution in [-0.2, 0) is 11.2 Å². The number of aryl methyl sites for hydroxylation is 3. The van der Waals surface area contributed by atoms with E-state index < -0.39 is 5.60 Å². The normalized spacial score (nSPS) is 18.6. The van der Waals surface area contributed by atoms with E-state index in [4.69, 9.17) is 4.74 Å². The van der Waals surface area contributed by atoms with Gasteiger partial charge in [-0.1, -0.05) is 30.7 Å². The lowest BCUT2D eigenvalue weighted by atomic mass is 9.84. The van der Waals surface area contributed by atoms with Gasteiger partial charge in [-0.3, -0.25) is 9.59 Å². The van der Waals surface area contributed by atoms with Gasteiger partial charge >= 0.3 is 0 Å². The molecule has 2 atom stereocenters. The highest BCUT2D eigenvalue weighted by atomic mass is 32.2. The summed E-state index contributed by atoms with van der Waals surface area (Å²) in [7, 11) is 0. The Bertz CT molecular complexity index is 952. The smallest absolute Gasteiger partial charge is 0.172 e. The maximum absolute atomic E-state index is 13.2. The molecule has 1 fully saturated rings. The molecular weight excluding hydrogens is 416 g/mol. The second-order valence-electron chi connectivity index (χ2n) is 9.66. The third kappa shape index (κ3) is 5.64. The molecule has 1 saturated carbocycles. The lowest BCUT2D eigenvalue weighted by Crippen LogP contribution is -2.36. The Kier molecular flexibility index (Phi) is 7.87. The van der Waals surface area contributed by atoms with Crippen molar-refractivity contribution >= 4 is 23.3 Å². The number of ketones is 2. The number of hydrogen-bond donors (Lipinski definition) is 0. The van der Waals surface area contributed by atoms with E-state index in [2.05, 4.69) is 18.4 Å². The molecule has 0 radical (unpaired) electrons. The number of hydrogen-bond acceptors (Lipinski definition) is 4. The Balaban J connectivity index is 1.67. The molecule has 0 N–H and O–H groups in total. The average Bonchev–Trinajstić information content (AvgIpc) is 3.23. The zero-order chi connectivity index (χ0) is 23.5. The van der Waals surface area contributed by atoms with Crippen LogP contribution in [0.15, 0.2) is 41.3 Å². The number of carbonyl (C=O) groups excluding carboxylic acids is 2. The van der Waals surface area contributed by atoms with E-state index in [1.807, 2.05) is 52.0 Å². The van der Waals surface area contributed by atoms with Gasteiger partial charge in [0.25, 0.3) is 0 Å². The van der Waals surface area contributed by atoms with Crippen molar-refractivity contribution in [2.24, 2.45) is 11.8 Å². The van der Waals surface area contributed by atoms with Gasteiger partial charge in [0, 0.05) is 16.4 Å². The first-order chi connectivity index (χ1) is 15.1. The van der Waals surface area contributed by atoms with Gasteiger partial charge in [-0.25, -0.2) is 0 Å². The molecule has 0 heterocycles. The highest BCUT2D eigenvalue weighted by molar-refractivity contribution is 7.98. The summed E-state index contributed by atoms with van der Waals surface area (Å²) in [5.41, 5.74) is 3.41. The molecule has 0 aromatic heterocycles. The van der Waals surface area contributed by atoms with E-state index in [1.54, 1.807) is 18.7 Å². The van der Waals surface area contributed by atoms with E-state index in [-0.39, 0.29) is 11.7 Å². The number of benzene rings is 2. The molecule has 1 aliphatic carbocycles. The Hall–Kier alpha value is -2.07. The first-order valence-corrected chi connectivity index (χ1v) is 12.8. The van der Waals surface area contributed by atoms with Crippen molar-refractivity contribution in [3.63, 3.8) is 0 Å². The van der Waals surface area contributed by atoms with Gasteiger partial charge in [-0.15, -0.1) is 11.8 Å². The van der Waals surface area contributed by atoms with Crippen molar-refractivity contribution in [1.82, 2.24) is 0 Å². The van der Waals surface area contributed by atoms with Gasteiger partial charge in [0.05, 0.1) is 0 Å². The number of thioether (sulfide) groups is 1. The zero-order valence-electron chi connectivity index (χ0n) is 20.3. The van der Waals surface area contributed by atoms with Crippen molar-refractivity contribution in [1.29, 1.82) is 0 Å². The van der Waals surface area contributed by atoms with Crippen LogP contribution in [0.3, 0.4) is 0 Å². The van der Waals surface area contributed by atoms with Crippen molar-refractivity contribution in [2.45, 2.75) is 77.2 Å². The molecule has 0 spiro atoms. The van der Waals surface area contributed by atoms with Gasteiger partial charge in [0.2, 0.25) is 0 Å². The molecule has 4 heteroatoms. The molecule has 0 saturated heterocycles. The number of rotatable bonds is 9. The molecule has 2 aromatic carbocycles. The minimum absolute atomic E-state index is 0.0143. The fraction of sp³-hybridized carbons (Fsp3) is 0.500. The van der Waals surface area contributed by atoms with Crippen LogP contribution < -0.4 is 4.74 Å². The summed E-state index contributed by atoms with van der Waals surface area (Å²) in [6.07, 6.45) is 7.30. The fourth-order valence-electron chi connectivity index (χ4n) is 4.72. The second-order valence-corrected chi connectivity index (χ2v) is 10.5. The molecule has 1 aliphatic rings. The number of ether oxygens (including phenoxy) is 1. The minimum Gasteiger partial charge on any atom is -0.480 e. The van der Waals surface area contributed by atoms with Crippen LogP contribution >= 0.6 is 11.8 Å². The summed E-state index contributed by atoms with van der Waals surface area (Å²) in [6.45, 7) is 9.28.